The van der Waals surface area contributed by atoms with E-state index in [0.717, 1.165) is 70.3 Å². The number of hydrogen-bond donors (Lipinski definition) is 0. The minimum atomic E-state index is -0.314. The third-order valence-electron chi connectivity index (χ3n) is 15.8. The van der Waals surface area contributed by atoms with Gasteiger partial charge in [0.25, 0.3) is 59.1 Å². The molecule has 10 heterocycles. The molecule has 0 unspecified atom stereocenters. The third kappa shape index (κ3) is 10.8. The zero-order valence-electron chi connectivity index (χ0n) is 50.3. The minimum absolute atomic E-state index is 0.213. The molecule has 0 fully saturated rings. The van der Waals surface area contributed by atoms with Crippen LogP contribution in [-0.4, -0.2) is 69.0 Å². The average Bonchev–Trinajstić information content (AvgIpc) is 1.66. The van der Waals surface area contributed by atoms with Gasteiger partial charge in [-0.15, -0.1) is 34.0 Å². The second kappa shape index (κ2) is 24.8. The molecular formula is C68H52ClN7O11S4. The van der Waals surface area contributed by atoms with E-state index in [4.69, 9.17) is 16.0 Å². The van der Waals surface area contributed by atoms with Crippen molar-refractivity contribution in [2.75, 3.05) is 24.5 Å². The first-order chi connectivity index (χ1) is 43.4. The lowest BCUT2D eigenvalue weighted by molar-refractivity contribution is 0.0904. The largest absolute Gasteiger partial charge is 0.448 e. The van der Waals surface area contributed by atoms with E-state index >= 15 is 0 Å². The van der Waals surface area contributed by atoms with Crippen LogP contribution in [0.4, 0.5) is 27.5 Å². The standard InChI is InChI=1S/C14H10ClNO2S.C14H11NO3.C14H11NO2S.2C13H10N2O2S/c1-7-3-4-8(2)12-11(7)13(17)16(14(12)18)10-6-5-9(15)19-10;1-8-5-6-9(2)12-11(8)13(16)15(14(12)17)10-4-3-7-18-10;1-8-3-4-9(2)12-11(8)13(16)15(14(12)17)10-5-6-18-7-10;1-7-3-4-8(2)11-10(7)12(16)15(13(11)17)9-5-18-6-14-9;1-7-3-4-8(2)10-9(7)11(16)15(12(10)17)13-14-5-6-18-13/h3-6H,1-2H3;2*3-7H,1-2H3;2*3-6H,1-2H3. The maximum absolute atomic E-state index is 12.5. The van der Waals surface area contributed by atoms with Crippen molar-refractivity contribution in [3.8, 4) is 0 Å². The Morgan fingerprint density at radius 1 is 0.374 bits per heavy atom. The number of thiophene rings is 2. The smallest absolute Gasteiger partial charge is 0.268 e. The molecule has 23 heteroatoms. The van der Waals surface area contributed by atoms with Gasteiger partial charge in [-0.2, -0.15) is 11.3 Å². The molecule has 91 heavy (non-hydrogen) atoms. The van der Waals surface area contributed by atoms with Crippen LogP contribution in [0.5, 0.6) is 0 Å². The Labute approximate surface area is 542 Å². The number of rotatable bonds is 5. The van der Waals surface area contributed by atoms with Gasteiger partial charge in [0.15, 0.2) is 10.9 Å². The summed E-state index contributed by atoms with van der Waals surface area (Å²) >= 11 is 11.2. The Hall–Kier alpha value is -9.97. The Balaban J connectivity index is 0.000000117. The number of thiazole rings is 2. The number of carbonyl (C=O) groups excluding carboxylic acids is 10. The summed E-state index contributed by atoms with van der Waals surface area (Å²) in [5.41, 5.74) is 15.7. The molecule has 10 amide bonds. The topological polar surface area (TPSA) is 226 Å². The molecule has 0 radical (unpaired) electrons. The van der Waals surface area contributed by atoms with Gasteiger partial charge in [0.1, 0.15) is 5.00 Å². The molecule has 5 aliphatic heterocycles. The van der Waals surface area contributed by atoms with Gasteiger partial charge in [-0.05, 0) is 155 Å². The summed E-state index contributed by atoms with van der Waals surface area (Å²) in [6.45, 7) is 18.4. The molecule has 456 valence electrons. The van der Waals surface area contributed by atoms with E-state index in [2.05, 4.69) is 9.97 Å². The van der Waals surface area contributed by atoms with Crippen LogP contribution in [0, 0.1) is 69.2 Å². The lowest BCUT2D eigenvalue weighted by Crippen LogP contribution is -2.29. The number of halogens is 1. The van der Waals surface area contributed by atoms with E-state index in [0.29, 0.717) is 81.6 Å². The first kappa shape index (κ1) is 62.6. The van der Waals surface area contributed by atoms with Crippen LogP contribution >= 0.6 is 56.9 Å². The lowest BCUT2D eigenvalue weighted by Gasteiger charge is -2.11. The SMILES string of the molecule is Cc1ccc(C)c2c1C(=O)N(c1ccc(Cl)s1)C2=O.Cc1ccc(C)c2c1C(=O)N(c1ccco1)C2=O.Cc1ccc(C)c2c1C(=O)N(c1ccsc1)C2=O.Cc1ccc(C)c2c1C(=O)N(c1cscn1)C2=O.Cc1ccc(C)c2c1C(=O)N(c1nccs1)C2=O. The number of carbonyl (C=O) groups is 10. The molecule has 5 aliphatic rings. The number of imide groups is 5. The first-order valence-corrected chi connectivity index (χ1v) is 31.9. The number of nitrogens with zero attached hydrogens (tertiary/aromatic N) is 7. The molecule has 0 N–H and O–H groups in total. The third-order valence-corrected chi connectivity index (χ3v) is 19.0. The Kier molecular flexibility index (Phi) is 17.1. The number of aryl methyl sites for hydroxylation is 10. The number of hydrogen-bond acceptors (Lipinski definition) is 17. The summed E-state index contributed by atoms with van der Waals surface area (Å²) in [6, 6.07) is 27.1. The van der Waals surface area contributed by atoms with E-state index in [1.807, 2.05) is 141 Å². The number of aromatic nitrogens is 2. The van der Waals surface area contributed by atoms with Crippen LogP contribution in [0.1, 0.15) is 159 Å². The number of benzene rings is 5. The summed E-state index contributed by atoms with van der Waals surface area (Å²) in [6.07, 6.45) is 3.03. The molecule has 0 saturated heterocycles. The Morgan fingerprint density at radius 2 is 0.747 bits per heavy atom. The summed E-state index contributed by atoms with van der Waals surface area (Å²) < 4.78 is 5.71. The van der Waals surface area contributed by atoms with Crippen molar-refractivity contribution in [2.24, 2.45) is 0 Å². The van der Waals surface area contributed by atoms with Crippen LogP contribution in [0.3, 0.4) is 0 Å². The van der Waals surface area contributed by atoms with E-state index in [9.17, 15) is 47.9 Å². The number of furan rings is 1. The molecule has 10 aromatic rings. The maximum Gasteiger partial charge on any atom is 0.268 e. The van der Waals surface area contributed by atoms with Gasteiger partial charge in [-0.3, -0.25) is 47.9 Å². The van der Waals surface area contributed by atoms with Crippen molar-refractivity contribution in [2.45, 2.75) is 69.2 Å². The van der Waals surface area contributed by atoms with Gasteiger partial charge >= 0.3 is 0 Å². The van der Waals surface area contributed by atoms with E-state index in [-0.39, 0.29) is 65.0 Å². The highest BCUT2D eigenvalue weighted by atomic mass is 35.5. The van der Waals surface area contributed by atoms with Crippen molar-refractivity contribution in [3.05, 3.63) is 246 Å². The number of anilines is 5. The molecule has 0 saturated carbocycles. The predicted molar refractivity (Wildman–Crippen MR) is 352 cm³/mol. The quantitative estimate of drug-likeness (QED) is 0.146. The van der Waals surface area contributed by atoms with Crippen molar-refractivity contribution < 1.29 is 52.4 Å². The van der Waals surface area contributed by atoms with Crippen molar-refractivity contribution in [3.63, 3.8) is 0 Å². The molecule has 18 nitrogen and oxygen atoms in total. The molecule has 0 bridgehead atoms. The lowest BCUT2D eigenvalue weighted by atomic mass is 9.99. The molecule has 5 aromatic heterocycles. The second-order valence-electron chi connectivity index (χ2n) is 21.6. The van der Waals surface area contributed by atoms with Crippen LogP contribution < -0.4 is 24.5 Å². The highest BCUT2D eigenvalue weighted by Gasteiger charge is 2.44. The first-order valence-electron chi connectivity index (χ1n) is 28.0. The van der Waals surface area contributed by atoms with Crippen LogP contribution in [0.15, 0.2) is 135 Å². The van der Waals surface area contributed by atoms with Crippen LogP contribution in [-0.2, 0) is 0 Å². The summed E-state index contributed by atoms with van der Waals surface area (Å²) in [5, 5.41) is 8.12. The molecule has 15 rings (SSSR count). The van der Waals surface area contributed by atoms with Crippen molar-refractivity contribution in [1.82, 2.24) is 9.97 Å². The molecule has 5 aromatic carbocycles. The predicted octanol–water partition coefficient (Wildman–Crippen LogP) is 14.8. The number of fused-ring (bicyclic) bond motifs is 5. The van der Waals surface area contributed by atoms with Crippen LogP contribution in [0.2, 0.25) is 4.34 Å². The molecule has 0 spiro atoms. The molecule has 0 aliphatic carbocycles. The average molecular weight is 1310 g/mol. The summed E-state index contributed by atoms with van der Waals surface area (Å²) in [4.78, 5) is 138. The second-order valence-corrected chi connectivity index (χ2v) is 25.7. The van der Waals surface area contributed by atoms with E-state index < -0.39 is 0 Å². The molecular weight excluding hydrogens is 1250 g/mol. The van der Waals surface area contributed by atoms with Gasteiger partial charge in [0.2, 0.25) is 5.88 Å². The van der Waals surface area contributed by atoms with Gasteiger partial charge in [-0.1, -0.05) is 72.3 Å². The van der Waals surface area contributed by atoms with Gasteiger partial charge in [0, 0.05) is 28.4 Å². The van der Waals surface area contributed by atoms with Gasteiger partial charge in [0.05, 0.1) is 77.4 Å². The maximum atomic E-state index is 12.5. The Bertz CT molecular complexity index is 4070. The zero-order valence-corrected chi connectivity index (χ0v) is 54.4. The summed E-state index contributed by atoms with van der Waals surface area (Å²) in [5.74, 6) is -2.01. The normalized spacial score (nSPS) is 14.2. The fraction of sp³-hybridized carbons (Fsp3) is 0.147. The van der Waals surface area contributed by atoms with Gasteiger partial charge in [-0.25, -0.2) is 34.5 Å². The summed E-state index contributed by atoms with van der Waals surface area (Å²) in [7, 11) is 0. The molecule has 0 atom stereocenters. The van der Waals surface area contributed by atoms with Crippen LogP contribution in [0.25, 0.3) is 0 Å². The zero-order chi connectivity index (χ0) is 65.2. The highest BCUT2D eigenvalue weighted by molar-refractivity contribution is 7.20. The van der Waals surface area contributed by atoms with E-state index in [1.54, 1.807) is 52.8 Å². The van der Waals surface area contributed by atoms with E-state index in [1.165, 1.54) is 61.4 Å². The van der Waals surface area contributed by atoms with Gasteiger partial charge < -0.3 is 4.42 Å². The fourth-order valence-corrected chi connectivity index (χ4v) is 14.1. The van der Waals surface area contributed by atoms with Crippen molar-refractivity contribution >= 4 is 144 Å². The fourth-order valence-electron chi connectivity index (χ4n) is 11.3. The monoisotopic (exact) mass is 1310 g/mol. The highest BCUT2D eigenvalue weighted by Crippen LogP contribution is 2.40. The number of amides is 10. The minimum Gasteiger partial charge on any atom is -0.448 e. The Morgan fingerprint density at radius 3 is 1.05 bits per heavy atom. The van der Waals surface area contributed by atoms with Crippen molar-refractivity contribution in [1.29, 1.82) is 0 Å².